The number of H-pyrrole nitrogens is 2. The minimum Gasteiger partial charge on any atom is -0.359 e. The van der Waals surface area contributed by atoms with Crippen molar-refractivity contribution >= 4 is 33.4 Å². The second kappa shape index (κ2) is 5.62. The van der Waals surface area contributed by atoms with E-state index in [0.717, 1.165) is 12.1 Å². The smallest absolute Gasteiger partial charge is 0.359 e. The van der Waals surface area contributed by atoms with Gasteiger partial charge in [0.15, 0.2) is 0 Å². The van der Waals surface area contributed by atoms with E-state index in [1.807, 2.05) is 0 Å². The molecule has 0 aliphatic carbocycles. The fourth-order valence-corrected chi connectivity index (χ4v) is 2.81. The van der Waals surface area contributed by atoms with Crippen LogP contribution in [0.2, 0.25) is 0 Å². The first-order chi connectivity index (χ1) is 12.3. The Balaban J connectivity index is 1.66. The molecule has 0 bridgehead atoms. The highest BCUT2D eigenvalue weighted by atomic mass is 19.4. The summed E-state index contributed by atoms with van der Waals surface area (Å²) in [5.74, 6) is -0.988. The molecule has 26 heavy (non-hydrogen) atoms. The summed E-state index contributed by atoms with van der Waals surface area (Å²) in [4.78, 5) is 18.0. The molecule has 0 fully saturated rings. The molecule has 2 aromatic heterocycles. The van der Waals surface area contributed by atoms with Crippen LogP contribution in [0, 0.1) is 5.82 Å². The maximum absolute atomic E-state index is 13.4. The van der Waals surface area contributed by atoms with Crippen molar-refractivity contribution in [2.24, 2.45) is 0 Å². The highest BCUT2D eigenvalue weighted by Gasteiger charge is 2.30. The maximum Gasteiger partial charge on any atom is 0.416 e. The van der Waals surface area contributed by atoms with Gasteiger partial charge in [-0.25, -0.2) is 4.39 Å². The van der Waals surface area contributed by atoms with Gasteiger partial charge in [-0.15, -0.1) is 0 Å². The van der Waals surface area contributed by atoms with Crippen molar-refractivity contribution in [1.29, 1.82) is 0 Å². The van der Waals surface area contributed by atoms with Gasteiger partial charge in [0.05, 0.1) is 11.3 Å². The Kier molecular flexibility index (Phi) is 3.50. The zero-order valence-electron chi connectivity index (χ0n) is 13.0. The zero-order valence-corrected chi connectivity index (χ0v) is 13.0. The summed E-state index contributed by atoms with van der Waals surface area (Å²) in [5.41, 5.74) is 0.526. The SMILES string of the molecule is O=C(Nc1c[nH]c2ccc(F)cc12)c1cc2ccc(C(F)(F)F)cc2[nH]1. The van der Waals surface area contributed by atoms with Gasteiger partial charge in [0.2, 0.25) is 0 Å². The molecule has 8 heteroatoms. The van der Waals surface area contributed by atoms with E-state index >= 15 is 0 Å². The van der Waals surface area contributed by atoms with Gasteiger partial charge in [-0.1, -0.05) is 6.07 Å². The molecule has 0 unspecified atom stereocenters. The van der Waals surface area contributed by atoms with Gasteiger partial charge < -0.3 is 15.3 Å². The van der Waals surface area contributed by atoms with E-state index in [9.17, 15) is 22.4 Å². The fraction of sp³-hybridized carbons (Fsp3) is 0.0556. The van der Waals surface area contributed by atoms with Gasteiger partial charge in [0.1, 0.15) is 11.5 Å². The van der Waals surface area contributed by atoms with Crippen LogP contribution < -0.4 is 5.32 Å². The molecular weight excluding hydrogens is 350 g/mol. The van der Waals surface area contributed by atoms with E-state index in [1.165, 1.54) is 30.5 Å². The summed E-state index contributed by atoms with van der Waals surface area (Å²) >= 11 is 0. The topological polar surface area (TPSA) is 60.7 Å². The molecule has 1 amide bonds. The Morgan fingerprint density at radius 1 is 1.00 bits per heavy atom. The molecule has 2 heterocycles. The van der Waals surface area contributed by atoms with Crippen LogP contribution in [0.15, 0.2) is 48.7 Å². The number of halogens is 4. The van der Waals surface area contributed by atoms with E-state index in [0.29, 0.717) is 22.0 Å². The predicted octanol–water partition coefficient (Wildman–Crippen LogP) is 5.06. The molecule has 4 rings (SSSR count). The molecule has 0 saturated heterocycles. The van der Waals surface area contributed by atoms with Crippen LogP contribution in [-0.4, -0.2) is 15.9 Å². The number of hydrogen-bond acceptors (Lipinski definition) is 1. The minimum atomic E-state index is -4.46. The van der Waals surface area contributed by atoms with E-state index in [-0.39, 0.29) is 11.2 Å². The normalized spacial score (nSPS) is 12.0. The molecule has 0 aliphatic rings. The van der Waals surface area contributed by atoms with Crippen molar-refractivity contribution in [3.05, 3.63) is 65.7 Å². The first-order valence-electron chi connectivity index (χ1n) is 7.59. The predicted molar refractivity (Wildman–Crippen MR) is 89.5 cm³/mol. The van der Waals surface area contributed by atoms with Crippen LogP contribution >= 0.6 is 0 Å². The summed E-state index contributed by atoms with van der Waals surface area (Å²) in [6.45, 7) is 0. The molecule has 0 saturated carbocycles. The molecule has 0 radical (unpaired) electrons. The largest absolute Gasteiger partial charge is 0.416 e. The second-order valence-corrected chi connectivity index (χ2v) is 5.83. The number of carbonyl (C=O) groups excluding carboxylic acids is 1. The van der Waals surface area contributed by atoms with Gasteiger partial charge in [-0.2, -0.15) is 13.2 Å². The lowest BCUT2D eigenvalue weighted by Crippen LogP contribution is -2.11. The van der Waals surface area contributed by atoms with Crippen LogP contribution in [0.1, 0.15) is 16.1 Å². The Morgan fingerprint density at radius 2 is 1.81 bits per heavy atom. The number of alkyl halides is 3. The Hall–Kier alpha value is -3.29. The third-order valence-electron chi connectivity index (χ3n) is 4.09. The van der Waals surface area contributed by atoms with Crippen molar-refractivity contribution in [3.8, 4) is 0 Å². The number of anilines is 1. The average molecular weight is 361 g/mol. The number of aromatic nitrogens is 2. The number of nitrogens with one attached hydrogen (secondary N) is 3. The van der Waals surface area contributed by atoms with Gasteiger partial charge in [0.25, 0.3) is 5.91 Å². The Bertz CT molecular complexity index is 1140. The number of fused-ring (bicyclic) bond motifs is 2. The lowest BCUT2D eigenvalue weighted by atomic mass is 10.1. The molecule has 4 aromatic rings. The van der Waals surface area contributed by atoms with E-state index in [2.05, 4.69) is 15.3 Å². The quantitative estimate of drug-likeness (QED) is 0.430. The number of hydrogen-bond donors (Lipinski definition) is 3. The summed E-state index contributed by atoms with van der Waals surface area (Å²) in [7, 11) is 0. The van der Waals surface area contributed by atoms with Crippen molar-refractivity contribution in [1.82, 2.24) is 9.97 Å². The number of aromatic amines is 2. The molecular formula is C18H11F4N3O. The minimum absolute atomic E-state index is 0.102. The number of amides is 1. The summed E-state index contributed by atoms with van der Waals surface area (Å²) in [5, 5.41) is 3.60. The monoisotopic (exact) mass is 361 g/mol. The summed E-state index contributed by atoms with van der Waals surface area (Å²) < 4.78 is 51.8. The summed E-state index contributed by atoms with van der Waals surface area (Å²) in [6, 6.07) is 8.78. The van der Waals surface area contributed by atoms with Gasteiger partial charge >= 0.3 is 6.18 Å². The molecule has 3 N–H and O–H groups in total. The second-order valence-electron chi connectivity index (χ2n) is 5.83. The van der Waals surface area contributed by atoms with E-state index in [1.54, 1.807) is 6.07 Å². The van der Waals surface area contributed by atoms with Gasteiger partial charge in [0, 0.05) is 28.0 Å². The fourth-order valence-electron chi connectivity index (χ4n) is 2.81. The van der Waals surface area contributed by atoms with Crippen LogP contribution in [0.25, 0.3) is 21.8 Å². The molecule has 2 aromatic carbocycles. The number of benzene rings is 2. The Labute approximate surface area is 143 Å². The highest BCUT2D eigenvalue weighted by Crippen LogP contribution is 2.31. The standard InChI is InChI=1S/C18H11F4N3O/c19-11-3-4-13-12(7-11)16(8-23-13)25-17(26)15-5-9-1-2-10(18(20,21)22)6-14(9)24-15/h1-8,23-24H,(H,25,26). The molecule has 0 atom stereocenters. The first-order valence-corrected chi connectivity index (χ1v) is 7.59. The lowest BCUT2D eigenvalue weighted by Gasteiger charge is -2.05. The van der Waals surface area contributed by atoms with Crippen molar-refractivity contribution in [2.75, 3.05) is 5.32 Å². The molecule has 132 valence electrons. The number of carbonyl (C=O) groups is 1. The van der Waals surface area contributed by atoms with E-state index in [4.69, 9.17) is 0 Å². The highest BCUT2D eigenvalue weighted by molar-refractivity contribution is 6.09. The molecule has 4 nitrogen and oxygen atoms in total. The third kappa shape index (κ3) is 2.79. The third-order valence-corrected chi connectivity index (χ3v) is 4.09. The van der Waals surface area contributed by atoms with Crippen molar-refractivity contribution in [3.63, 3.8) is 0 Å². The van der Waals surface area contributed by atoms with Crippen LogP contribution in [0.4, 0.5) is 23.2 Å². The zero-order chi connectivity index (χ0) is 18.5. The summed E-state index contributed by atoms with van der Waals surface area (Å²) in [6.07, 6.45) is -2.94. The van der Waals surface area contributed by atoms with Crippen molar-refractivity contribution < 1.29 is 22.4 Å². The first kappa shape index (κ1) is 16.2. The van der Waals surface area contributed by atoms with Gasteiger partial charge in [-0.05, 0) is 36.4 Å². The molecule has 0 spiro atoms. The van der Waals surface area contributed by atoms with Crippen LogP contribution in [-0.2, 0) is 6.18 Å². The molecule has 0 aliphatic heterocycles. The lowest BCUT2D eigenvalue weighted by molar-refractivity contribution is -0.137. The Morgan fingerprint density at radius 3 is 2.58 bits per heavy atom. The van der Waals surface area contributed by atoms with Crippen LogP contribution in [0.5, 0.6) is 0 Å². The number of rotatable bonds is 2. The van der Waals surface area contributed by atoms with Crippen LogP contribution in [0.3, 0.4) is 0 Å². The maximum atomic E-state index is 13.4. The van der Waals surface area contributed by atoms with E-state index < -0.39 is 23.5 Å². The van der Waals surface area contributed by atoms with Gasteiger partial charge in [-0.3, -0.25) is 4.79 Å². The van der Waals surface area contributed by atoms with Crippen molar-refractivity contribution in [2.45, 2.75) is 6.18 Å². The average Bonchev–Trinajstić information content (AvgIpc) is 3.17.